The van der Waals surface area contributed by atoms with Gasteiger partial charge in [-0.05, 0) is 31.0 Å². The van der Waals surface area contributed by atoms with E-state index in [0.29, 0.717) is 23.8 Å². The zero-order valence-corrected chi connectivity index (χ0v) is 14.0. The van der Waals surface area contributed by atoms with E-state index in [0.717, 1.165) is 23.7 Å². The molecule has 2 rings (SSSR count). The molecule has 1 saturated heterocycles. The van der Waals surface area contributed by atoms with Crippen molar-refractivity contribution >= 4 is 43.4 Å². The molecule has 112 valence electrons. The molecule has 0 saturated carbocycles. The third-order valence-corrected chi connectivity index (χ3v) is 5.71. The van der Waals surface area contributed by atoms with Crippen molar-refractivity contribution in [3.63, 3.8) is 0 Å². The minimum atomic E-state index is -3.63. The number of benzene rings is 1. The number of hydrogen-bond donors (Lipinski definition) is 2. The molecule has 1 heterocycles. The van der Waals surface area contributed by atoms with Crippen molar-refractivity contribution in [1.29, 1.82) is 0 Å². The summed E-state index contributed by atoms with van der Waals surface area (Å²) in [5, 5.41) is 0.351. The van der Waals surface area contributed by atoms with Crippen molar-refractivity contribution in [2.45, 2.75) is 25.3 Å². The Morgan fingerprint density at radius 3 is 2.85 bits per heavy atom. The minimum Gasteiger partial charge on any atom is -0.329 e. The van der Waals surface area contributed by atoms with E-state index in [2.05, 4.69) is 20.7 Å². The summed E-state index contributed by atoms with van der Waals surface area (Å²) in [6.07, 6.45) is 2.66. The molecule has 0 aromatic heterocycles. The van der Waals surface area contributed by atoms with Crippen LogP contribution in [0.5, 0.6) is 0 Å². The predicted molar refractivity (Wildman–Crippen MR) is 85.1 cm³/mol. The molecule has 8 heteroatoms. The van der Waals surface area contributed by atoms with E-state index in [1.807, 2.05) is 0 Å². The van der Waals surface area contributed by atoms with Crippen molar-refractivity contribution in [2.75, 3.05) is 17.8 Å². The van der Waals surface area contributed by atoms with Crippen molar-refractivity contribution in [2.24, 2.45) is 5.73 Å². The summed E-state index contributed by atoms with van der Waals surface area (Å²) in [4.78, 5) is 0. The van der Waals surface area contributed by atoms with Gasteiger partial charge < -0.3 is 5.73 Å². The number of rotatable bonds is 4. The third-order valence-electron chi connectivity index (χ3n) is 3.32. The molecular weight excluding hydrogens is 366 g/mol. The second kappa shape index (κ2) is 6.62. The van der Waals surface area contributed by atoms with Gasteiger partial charge in [0.2, 0.25) is 0 Å². The summed E-state index contributed by atoms with van der Waals surface area (Å²) in [6, 6.07) is 4.87. The molecule has 20 heavy (non-hydrogen) atoms. The Morgan fingerprint density at radius 1 is 1.45 bits per heavy atom. The molecule has 1 aliphatic rings. The first kappa shape index (κ1) is 16.0. The molecule has 0 bridgehead atoms. The lowest BCUT2D eigenvalue weighted by atomic mass is 10.1. The number of nitrogens with zero attached hydrogens (tertiary/aromatic N) is 1. The largest absolute Gasteiger partial charge is 0.329 e. The molecule has 3 N–H and O–H groups in total. The second-order valence-corrected chi connectivity index (χ2v) is 7.67. The lowest BCUT2D eigenvalue weighted by molar-refractivity contribution is 0.259. The molecular formula is C12H17BrClN3O2S. The molecule has 1 aromatic rings. The van der Waals surface area contributed by atoms with E-state index in [4.69, 9.17) is 17.3 Å². The van der Waals surface area contributed by atoms with Crippen LogP contribution in [0.15, 0.2) is 22.7 Å². The Morgan fingerprint density at radius 2 is 2.20 bits per heavy atom. The summed E-state index contributed by atoms with van der Waals surface area (Å²) >= 11 is 9.33. The summed E-state index contributed by atoms with van der Waals surface area (Å²) in [5.74, 6) is 0. The van der Waals surface area contributed by atoms with Gasteiger partial charge in [0.15, 0.2) is 0 Å². The number of nitrogens with one attached hydrogen (secondary N) is 1. The van der Waals surface area contributed by atoms with Gasteiger partial charge in [0.1, 0.15) is 0 Å². The molecule has 0 amide bonds. The maximum absolute atomic E-state index is 12.5. The first-order chi connectivity index (χ1) is 9.44. The number of halogens is 2. The molecule has 1 atom stereocenters. The first-order valence-corrected chi connectivity index (χ1v) is 9.00. The highest BCUT2D eigenvalue weighted by Crippen LogP contribution is 2.28. The molecule has 5 nitrogen and oxygen atoms in total. The van der Waals surface area contributed by atoms with Gasteiger partial charge in [0.05, 0.1) is 10.7 Å². The Labute approximate surface area is 132 Å². The van der Waals surface area contributed by atoms with Gasteiger partial charge in [-0.15, -0.1) is 0 Å². The van der Waals surface area contributed by atoms with Gasteiger partial charge in [-0.3, -0.25) is 4.72 Å². The number of anilines is 1. The molecule has 1 aliphatic heterocycles. The average Bonchev–Trinajstić information content (AvgIpc) is 2.42. The fraction of sp³-hybridized carbons (Fsp3) is 0.500. The maximum atomic E-state index is 12.5. The van der Waals surface area contributed by atoms with Crippen LogP contribution in [0, 0.1) is 0 Å². The smallest absolute Gasteiger partial charge is 0.301 e. The van der Waals surface area contributed by atoms with E-state index in [1.54, 1.807) is 18.2 Å². The van der Waals surface area contributed by atoms with E-state index in [-0.39, 0.29) is 6.04 Å². The second-order valence-electron chi connectivity index (χ2n) is 4.73. The summed E-state index contributed by atoms with van der Waals surface area (Å²) in [5.41, 5.74) is 6.04. The van der Waals surface area contributed by atoms with Gasteiger partial charge >= 0.3 is 10.2 Å². The Balaban J connectivity index is 2.21. The molecule has 0 spiro atoms. The highest BCUT2D eigenvalue weighted by atomic mass is 79.9. The Bertz CT molecular complexity index is 582. The van der Waals surface area contributed by atoms with Crippen LogP contribution in [0.1, 0.15) is 19.3 Å². The van der Waals surface area contributed by atoms with Crippen LogP contribution >= 0.6 is 27.5 Å². The van der Waals surface area contributed by atoms with Crippen LogP contribution in [0.2, 0.25) is 5.02 Å². The van der Waals surface area contributed by atoms with Gasteiger partial charge in [0.25, 0.3) is 0 Å². The summed E-state index contributed by atoms with van der Waals surface area (Å²) < 4.78 is 29.7. The highest BCUT2D eigenvalue weighted by Gasteiger charge is 2.31. The molecule has 0 radical (unpaired) electrons. The summed E-state index contributed by atoms with van der Waals surface area (Å²) in [7, 11) is -3.63. The third kappa shape index (κ3) is 3.65. The quantitative estimate of drug-likeness (QED) is 0.840. The topological polar surface area (TPSA) is 75.4 Å². The monoisotopic (exact) mass is 381 g/mol. The van der Waals surface area contributed by atoms with Gasteiger partial charge in [0, 0.05) is 23.6 Å². The number of piperidine rings is 1. The van der Waals surface area contributed by atoms with E-state index >= 15 is 0 Å². The summed E-state index contributed by atoms with van der Waals surface area (Å²) in [6.45, 7) is 0.820. The Kier molecular flexibility index (Phi) is 5.30. The number of hydrogen-bond acceptors (Lipinski definition) is 3. The average molecular weight is 383 g/mol. The fourth-order valence-electron chi connectivity index (χ4n) is 2.30. The number of nitrogens with two attached hydrogens (primary N) is 1. The van der Waals surface area contributed by atoms with Crippen LogP contribution in [0.3, 0.4) is 0 Å². The van der Waals surface area contributed by atoms with Crippen molar-refractivity contribution in [3.8, 4) is 0 Å². The van der Waals surface area contributed by atoms with E-state index in [1.165, 1.54) is 4.31 Å². The first-order valence-electron chi connectivity index (χ1n) is 6.39. The fourth-order valence-corrected chi connectivity index (χ4v) is 4.60. The molecule has 1 aromatic carbocycles. The zero-order chi connectivity index (χ0) is 14.8. The van der Waals surface area contributed by atoms with Crippen LogP contribution < -0.4 is 10.5 Å². The van der Waals surface area contributed by atoms with E-state index in [9.17, 15) is 8.42 Å². The van der Waals surface area contributed by atoms with Crippen LogP contribution in [-0.4, -0.2) is 31.9 Å². The zero-order valence-electron chi connectivity index (χ0n) is 10.9. The lowest BCUT2D eigenvalue weighted by Crippen LogP contribution is -2.49. The van der Waals surface area contributed by atoms with Gasteiger partial charge in [-0.2, -0.15) is 12.7 Å². The lowest BCUT2D eigenvalue weighted by Gasteiger charge is -2.33. The predicted octanol–water partition coefficient (Wildman–Crippen LogP) is 2.57. The molecule has 1 unspecified atom stereocenters. The molecule has 0 aliphatic carbocycles. The maximum Gasteiger partial charge on any atom is 0.301 e. The van der Waals surface area contributed by atoms with Crippen molar-refractivity contribution in [3.05, 3.63) is 27.7 Å². The van der Waals surface area contributed by atoms with Gasteiger partial charge in [-0.1, -0.05) is 34.0 Å². The Hall–Kier alpha value is -0.340. The minimum absolute atomic E-state index is 0.143. The van der Waals surface area contributed by atoms with E-state index < -0.39 is 10.2 Å². The van der Waals surface area contributed by atoms with Crippen LogP contribution in [-0.2, 0) is 10.2 Å². The van der Waals surface area contributed by atoms with Crippen LogP contribution in [0.25, 0.3) is 0 Å². The highest BCUT2D eigenvalue weighted by molar-refractivity contribution is 9.10. The van der Waals surface area contributed by atoms with Crippen LogP contribution in [0.4, 0.5) is 5.69 Å². The normalized spacial score (nSPS) is 20.9. The van der Waals surface area contributed by atoms with Crippen molar-refractivity contribution < 1.29 is 8.42 Å². The van der Waals surface area contributed by atoms with Crippen molar-refractivity contribution in [1.82, 2.24) is 4.31 Å². The van der Waals surface area contributed by atoms with Gasteiger partial charge in [-0.25, -0.2) is 0 Å². The molecule has 1 fully saturated rings. The standard InChI is InChI=1S/C12H17BrClN3O2S/c13-9-4-5-12(11(14)7-9)16-20(18,19)17-6-2-1-3-10(17)8-15/h4-5,7,10,16H,1-3,6,8,15H2. The SMILES string of the molecule is NCC1CCCCN1S(=O)(=O)Nc1ccc(Br)cc1Cl.